The number of benzene rings is 1. The fraction of sp³-hybridized carbons (Fsp3) is 0.286. The Morgan fingerprint density at radius 3 is 2.61 bits per heavy atom. The molecule has 4 nitrogen and oxygen atoms in total. The molecule has 0 N–H and O–H groups in total. The molecule has 0 aliphatic heterocycles. The van der Waals surface area contributed by atoms with Crippen molar-refractivity contribution in [3.63, 3.8) is 0 Å². The summed E-state index contributed by atoms with van der Waals surface area (Å²) in [5.74, 6) is 0.635. The molecule has 0 amide bonds. The molecule has 0 unspecified atom stereocenters. The lowest BCUT2D eigenvalue weighted by Gasteiger charge is -2.01. The summed E-state index contributed by atoms with van der Waals surface area (Å²) in [6, 6.07) is 9.85. The van der Waals surface area contributed by atoms with Crippen molar-refractivity contribution in [1.82, 2.24) is 4.98 Å². The highest BCUT2D eigenvalue weighted by atomic mass is 16.5. The van der Waals surface area contributed by atoms with Crippen LogP contribution in [0.5, 0.6) is 0 Å². The van der Waals surface area contributed by atoms with E-state index in [1.165, 1.54) is 6.92 Å². The number of nitrogens with zero attached hydrogens (tertiary/aromatic N) is 1. The number of carbonyl (C=O) groups is 1. The van der Waals surface area contributed by atoms with Crippen LogP contribution in [0.2, 0.25) is 0 Å². The minimum absolute atomic E-state index is 0.116. The third kappa shape index (κ3) is 3.05. The first kappa shape index (κ1) is 12.5. The maximum Gasteiger partial charge on any atom is 0.221 e. The normalized spacial score (nSPS) is 10.6. The highest BCUT2D eigenvalue weighted by Gasteiger charge is 2.13. The summed E-state index contributed by atoms with van der Waals surface area (Å²) in [5, 5.41) is 0. The summed E-state index contributed by atoms with van der Waals surface area (Å²) < 4.78 is 10.8. The van der Waals surface area contributed by atoms with Crippen molar-refractivity contribution in [3.8, 4) is 0 Å². The number of hydrogen-bond acceptors (Lipinski definition) is 4. The SMILES string of the molecule is CC(=O)c1oc(COCc2ccccc2)nc1C. The van der Waals surface area contributed by atoms with Crippen LogP contribution in [0.3, 0.4) is 0 Å². The number of hydrogen-bond donors (Lipinski definition) is 0. The second-order valence-electron chi connectivity index (χ2n) is 4.06. The fourth-order valence-corrected chi connectivity index (χ4v) is 1.67. The van der Waals surface area contributed by atoms with E-state index >= 15 is 0 Å². The van der Waals surface area contributed by atoms with Gasteiger partial charge in [0.1, 0.15) is 6.61 Å². The van der Waals surface area contributed by atoms with E-state index < -0.39 is 0 Å². The van der Waals surface area contributed by atoms with Crippen LogP contribution in [0.4, 0.5) is 0 Å². The van der Waals surface area contributed by atoms with E-state index in [2.05, 4.69) is 4.98 Å². The van der Waals surface area contributed by atoms with Gasteiger partial charge in [0.15, 0.2) is 11.5 Å². The molecule has 0 aliphatic rings. The van der Waals surface area contributed by atoms with Gasteiger partial charge in [-0.25, -0.2) is 4.98 Å². The number of ether oxygens (including phenoxy) is 1. The average Bonchev–Trinajstić information content (AvgIpc) is 2.72. The molecule has 0 radical (unpaired) electrons. The quantitative estimate of drug-likeness (QED) is 0.760. The first-order chi connectivity index (χ1) is 8.66. The van der Waals surface area contributed by atoms with Gasteiger partial charge >= 0.3 is 0 Å². The largest absolute Gasteiger partial charge is 0.435 e. The lowest BCUT2D eigenvalue weighted by atomic mass is 10.2. The first-order valence-corrected chi connectivity index (χ1v) is 5.75. The molecule has 0 bridgehead atoms. The Hall–Kier alpha value is -1.94. The van der Waals surface area contributed by atoms with Crippen molar-refractivity contribution in [2.24, 2.45) is 0 Å². The molecule has 0 aliphatic carbocycles. The molecule has 2 rings (SSSR count). The molecule has 0 saturated carbocycles. The predicted molar refractivity (Wildman–Crippen MR) is 66.2 cm³/mol. The Balaban J connectivity index is 1.91. The summed E-state index contributed by atoms with van der Waals surface area (Å²) in [6.07, 6.45) is 0. The Morgan fingerprint density at radius 2 is 2.00 bits per heavy atom. The smallest absolute Gasteiger partial charge is 0.221 e. The third-order valence-electron chi connectivity index (χ3n) is 2.50. The molecule has 1 aromatic carbocycles. The van der Waals surface area contributed by atoms with Crippen LogP contribution in [0.1, 0.15) is 34.6 Å². The zero-order chi connectivity index (χ0) is 13.0. The number of aromatic nitrogens is 1. The molecular weight excluding hydrogens is 230 g/mol. The molecule has 0 saturated heterocycles. The van der Waals surface area contributed by atoms with Crippen LogP contribution in [0.15, 0.2) is 34.7 Å². The molecule has 4 heteroatoms. The Labute approximate surface area is 106 Å². The molecule has 94 valence electrons. The molecule has 18 heavy (non-hydrogen) atoms. The van der Waals surface area contributed by atoms with Gasteiger partial charge in [0.2, 0.25) is 5.89 Å². The zero-order valence-electron chi connectivity index (χ0n) is 10.5. The van der Waals surface area contributed by atoms with Crippen LogP contribution in [-0.2, 0) is 18.0 Å². The summed E-state index contributed by atoms with van der Waals surface area (Å²) in [5.41, 5.74) is 1.70. The van der Waals surface area contributed by atoms with E-state index in [1.807, 2.05) is 30.3 Å². The Bertz CT molecular complexity index is 531. The van der Waals surface area contributed by atoms with Gasteiger partial charge in [0, 0.05) is 6.92 Å². The Morgan fingerprint density at radius 1 is 1.28 bits per heavy atom. The van der Waals surface area contributed by atoms with Crippen molar-refractivity contribution in [1.29, 1.82) is 0 Å². The predicted octanol–water partition coefficient (Wildman–Crippen LogP) is 2.90. The van der Waals surface area contributed by atoms with Crippen molar-refractivity contribution in [3.05, 3.63) is 53.2 Å². The second kappa shape index (κ2) is 5.60. The number of ketones is 1. The van der Waals surface area contributed by atoms with Gasteiger partial charge in [0.25, 0.3) is 0 Å². The van der Waals surface area contributed by atoms with Crippen LogP contribution < -0.4 is 0 Å². The van der Waals surface area contributed by atoms with Crippen molar-refractivity contribution in [2.45, 2.75) is 27.1 Å². The highest BCUT2D eigenvalue weighted by molar-refractivity contribution is 5.92. The highest BCUT2D eigenvalue weighted by Crippen LogP contribution is 2.12. The van der Waals surface area contributed by atoms with E-state index in [0.29, 0.717) is 24.0 Å². The maximum absolute atomic E-state index is 11.2. The summed E-state index contributed by atoms with van der Waals surface area (Å²) in [4.78, 5) is 15.4. The number of oxazole rings is 1. The van der Waals surface area contributed by atoms with Crippen molar-refractivity contribution in [2.75, 3.05) is 0 Å². The van der Waals surface area contributed by atoms with Gasteiger partial charge in [-0.05, 0) is 12.5 Å². The van der Waals surface area contributed by atoms with Crippen LogP contribution in [-0.4, -0.2) is 10.8 Å². The van der Waals surface area contributed by atoms with Crippen LogP contribution >= 0.6 is 0 Å². The maximum atomic E-state index is 11.2. The second-order valence-corrected chi connectivity index (χ2v) is 4.06. The topological polar surface area (TPSA) is 52.3 Å². The van der Waals surface area contributed by atoms with Crippen LogP contribution in [0, 0.1) is 6.92 Å². The van der Waals surface area contributed by atoms with Crippen molar-refractivity contribution >= 4 is 5.78 Å². The van der Waals surface area contributed by atoms with Gasteiger partial charge in [0.05, 0.1) is 12.3 Å². The first-order valence-electron chi connectivity index (χ1n) is 5.75. The third-order valence-corrected chi connectivity index (χ3v) is 2.50. The molecule has 0 spiro atoms. The lowest BCUT2D eigenvalue weighted by Crippen LogP contribution is -1.94. The average molecular weight is 245 g/mol. The lowest BCUT2D eigenvalue weighted by molar-refractivity contribution is 0.0858. The number of aryl methyl sites for hydroxylation is 1. The van der Waals surface area contributed by atoms with E-state index in [9.17, 15) is 4.79 Å². The fourth-order valence-electron chi connectivity index (χ4n) is 1.67. The standard InChI is InChI=1S/C14H15NO3/c1-10-14(11(2)16)18-13(15-10)9-17-8-12-6-4-3-5-7-12/h3-7H,8-9H2,1-2H3. The molecule has 1 aromatic heterocycles. The van der Waals surface area contributed by atoms with E-state index in [4.69, 9.17) is 9.15 Å². The van der Waals surface area contributed by atoms with Gasteiger partial charge in [-0.15, -0.1) is 0 Å². The summed E-state index contributed by atoms with van der Waals surface area (Å²) in [6.45, 7) is 3.98. The zero-order valence-corrected chi connectivity index (χ0v) is 10.5. The molecule has 0 atom stereocenters. The molecule has 0 fully saturated rings. The number of rotatable bonds is 5. The number of Topliss-reactive ketones (excluding diaryl/α,β-unsaturated/α-hetero) is 1. The van der Waals surface area contributed by atoms with E-state index in [1.54, 1.807) is 6.92 Å². The molecule has 2 aromatic rings. The molecule has 1 heterocycles. The van der Waals surface area contributed by atoms with Gasteiger partial charge in [-0.3, -0.25) is 4.79 Å². The van der Waals surface area contributed by atoms with Gasteiger partial charge in [-0.1, -0.05) is 30.3 Å². The van der Waals surface area contributed by atoms with E-state index in [-0.39, 0.29) is 12.4 Å². The summed E-state index contributed by atoms with van der Waals surface area (Å²) in [7, 11) is 0. The number of carbonyl (C=O) groups excluding carboxylic acids is 1. The van der Waals surface area contributed by atoms with Crippen molar-refractivity contribution < 1.29 is 13.9 Å². The van der Waals surface area contributed by atoms with Gasteiger partial charge < -0.3 is 9.15 Å². The Kier molecular flexibility index (Phi) is 3.89. The summed E-state index contributed by atoms with van der Waals surface area (Å²) >= 11 is 0. The van der Waals surface area contributed by atoms with Crippen LogP contribution in [0.25, 0.3) is 0 Å². The van der Waals surface area contributed by atoms with Gasteiger partial charge in [-0.2, -0.15) is 0 Å². The minimum Gasteiger partial charge on any atom is -0.435 e. The monoisotopic (exact) mass is 245 g/mol. The minimum atomic E-state index is -0.116. The molecular formula is C14H15NO3. The van der Waals surface area contributed by atoms with E-state index in [0.717, 1.165) is 5.56 Å².